The van der Waals surface area contributed by atoms with Crippen LogP contribution in [0.1, 0.15) is 44.2 Å². The first-order chi connectivity index (χ1) is 15.2. The van der Waals surface area contributed by atoms with Gasteiger partial charge in [0.15, 0.2) is 5.82 Å². The number of nitrogens with one attached hydrogen (secondary N) is 2. The van der Waals surface area contributed by atoms with Crippen molar-refractivity contribution in [3.63, 3.8) is 0 Å². The summed E-state index contributed by atoms with van der Waals surface area (Å²) in [5.41, 5.74) is 4.88. The molecule has 2 N–H and O–H groups in total. The van der Waals surface area contributed by atoms with E-state index in [9.17, 15) is 0 Å². The third-order valence-electron chi connectivity index (χ3n) is 5.75. The minimum Gasteiger partial charge on any atom is -0.323 e. The lowest BCUT2D eigenvalue weighted by Gasteiger charge is -2.22. The zero-order valence-corrected chi connectivity index (χ0v) is 19.0. The van der Waals surface area contributed by atoms with Crippen LogP contribution in [-0.4, -0.2) is 43.0 Å². The van der Waals surface area contributed by atoms with E-state index in [1.807, 2.05) is 30.6 Å². The first-order valence-electron chi connectivity index (χ1n) is 10.8. The van der Waals surface area contributed by atoms with E-state index in [-0.39, 0.29) is 12.4 Å². The molecule has 0 unspecified atom stereocenters. The maximum atomic E-state index is 4.75. The number of nitrogens with zero attached hydrogens (tertiary/aromatic N) is 6. The molecular weight excluding hydrogens is 424 g/mol. The van der Waals surface area contributed by atoms with Gasteiger partial charge in [0.2, 0.25) is 0 Å². The summed E-state index contributed by atoms with van der Waals surface area (Å²) in [5.74, 6) is 1.79. The number of aromatic nitrogens is 6. The first-order valence-corrected chi connectivity index (χ1v) is 10.8. The van der Waals surface area contributed by atoms with Gasteiger partial charge in [0.1, 0.15) is 5.82 Å². The fourth-order valence-electron chi connectivity index (χ4n) is 3.88. The van der Waals surface area contributed by atoms with Crippen molar-refractivity contribution in [1.82, 2.24) is 35.3 Å². The first kappa shape index (κ1) is 22.1. The van der Waals surface area contributed by atoms with Crippen molar-refractivity contribution >= 4 is 35.1 Å². The van der Waals surface area contributed by atoms with Gasteiger partial charge in [-0.3, -0.25) is 9.67 Å². The number of hydrogen-bond donors (Lipinski definition) is 2. The van der Waals surface area contributed by atoms with Gasteiger partial charge in [-0.2, -0.15) is 10.2 Å². The third-order valence-corrected chi connectivity index (χ3v) is 5.75. The summed E-state index contributed by atoms with van der Waals surface area (Å²) in [4.78, 5) is 9.35. The highest BCUT2D eigenvalue weighted by Crippen LogP contribution is 2.26. The molecule has 4 aromatic heterocycles. The molecule has 166 valence electrons. The Hall–Kier alpha value is -3.10. The monoisotopic (exact) mass is 450 g/mol. The molecule has 0 spiro atoms. The van der Waals surface area contributed by atoms with Crippen LogP contribution >= 0.6 is 12.4 Å². The summed E-state index contributed by atoms with van der Waals surface area (Å²) in [6.07, 6.45) is 9.93. The van der Waals surface area contributed by atoms with Crippen LogP contribution in [0.2, 0.25) is 0 Å². The Morgan fingerprint density at radius 3 is 2.66 bits per heavy atom. The summed E-state index contributed by atoms with van der Waals surface area (Å²) in [5, 5.41) is 19.5. The van der Waals surface area contributed by atoms with Crippen molar-refractivity contribution in [3.8, 4) is 11.1 Å². The summed E-state index contributed by atoms with van der Waals surface area (Å²) in [7, 11) is 0. The summed E-state index contributed by atoms with van der Waals surface area (Å²) in [6.45, 7) is 6.36. The molecule has 1 saturated heterocycles. The van der Waals surface area contributed by atoms with Crippen LogP contribution < -0.4 is 10.6 Å². The Balaban J connectivity index is 0.00000245. The van der Waals surface area contributed by atoms with E-state index in [0.717, 1.165) is 53.7 Å². The second kappa shape index (κ2) is 9.58. The van der Waals surface area contributed by atoms with Crippen LogP contribution in [0.4, 0.5) is 11.6 Å². The minimum absolute atomic E-state index is 0. The predicted octanol–water partition coefficient (Wildman–Crippen LogP) is 4.50. The van der Waals surface area contributed by atoms with E-state index >= 15 is 0 Å². The number of piperidine rings is 1. The Kier molecular flexibility index (Phi) is 6.62. The predicted molar refractivity (Wildman–Crippen MR) is 129 cm³/mol. The van der Waals surface area contributed by atoms with E-state index in [1.165, 1.54) is 0 Å². The second-order valence-electron chi connectivity index (χ2n) is 8.30. The summed E-state index contributed by atoms with van der Waals surface area (Å²) >= 11 is 0. The van der Waals surface area contributed by atoms with E-state index in [1.54, 1.807) is 6.20 Å². The fourth-order valence-corrected chi connectivity index (χ4v) is 3.88. The van der Waals surface area contributed by atoms with Crippen molar-refractivity contribution in [2.45, 2.75) is 38.6 Å². The SMILES string of the molecule is CC(C)c1cnnc(Nc2ccc3ncc(-c4cnn(C5CCNCC5)c4)cc3n2)c1.Cl. The topological polar surface area (TPSA) is 93.4 Å². The van der Waals surface area contributed by atoms with Crippen LogP contribution in [0.15, 0.2) is 49.1 Å². The smallest absolute Gasteiger partial charge is 0.154 e. The molecule has 9 heteroatoms. The number of hydrogen-bond acceptors (Lipinski definition) is 7. The Morgan fingerprint density at radius 2 is 1.84 bits per heavy atom. The molecule has 0 atom stereocenters. The molecule has 5 rings (SSSR count). The minimum atomic E-state index is 0. The Bertz CT molecular complexity index is 1200. The second-order valence-corrected chi connectivity index (χ2v) is 8.30. The zero-order chi connectivity index (χ0) is 21.2. The van der Waals surface area contributed by atoms with Gasteiger partial charge in [-0.15, -0.1) is 17.5 Å². The van der Waals surface area contributed by atoms with Crippen LogP contribution in [0.5, 0.6) is 0 Å². The summed E-state index contributed by atoms with van der Waals surface area (Å²) in [6, 6.07) is 8.40. The normalized spacial score (nSPS) is 14.5. The van der Waals surface area contributed by atoms with Gasteiger partial charge < -0.3 is 10.6 Å². The van der Waals surface area contributed by atoms with Gasteiger partial charge in [-0.25, -0.2) is 4.98 Å². The van der Waals surface area contributed by atoms with Crippen molar-refractivity contribution in [3.05, 3.63) is 54.6 Å². The van der Waals surface area contributed by atoms with Gasteiger partial charge >= 0.3 is 0 Å². The van der Waals surface area contributed by atoms with E-state index in [4.69, 9.17) is 4.98 Å². The number of rotatable bonds is 5. The third kappa shape index (κ3) is 4.71. The maximum Gasteiger partial charge on any atom is 0.154 e. The van der Waals surface area contributed by atoms with Crippen LogP contribution in [-0.2, 0) is 0 Å². The molecule has 0 bridgehead atoms. The largest absolute Gasteiger partial charge is 0.323 e. The van der Waals surface area contributed by atoms with E-state index in [2.05, 4.69) is 61.7 Å². The summed E-state index contributed by atoms with van der Waals surface area (Å²) < 4.78 is 2.09. The lowest BCUT2D eigenvalue weighted by Crippen LogP contribution is -2.29. The highest BCUT2D eigenvalue weighted by atomic mass is 35.5. The van der Waals surface area contributed by atoms with Crippen molar-refractivity contribution in [2.24, 2.45) is 0 Å². The van der Waals surface area contributed by atoms with Crippen LogP contribution in [0.25, 0.3) is 22.2 Å². The molecule has 4 aromatic rings. The molecule has 0 radical (unpaired) electrons. The van der Waals surface area contributed by atoms with Gasteiger partial charge in [0.25, 0.3) is 0 Å². The molecule has 0 aliphatic carbocycles. The van der Waals surface area contributed by atoms with E-state index < -0.39 is 0 Å². The van der Waals surface area contributed by atoms with Crippen LogP contribution in [0.3, 0.4) is 0 Å². The molecule has 1 fully saturated rings. The number of halogens is 1. The van der Waals surface area contributed by atoms with Crippen LogP contribution in [0, 0.1) is 0 Å². The lowest BCUT2D eigenvalue weighted by molar-refractivity contribution is 0.343. The Labute approximate surface area is 193 Å². The lowest BCUT2D eigenvalue weighted by atomic mass is 10.1. The number of pyridine rings is 2. The zero-order valence-electron chi connectivity index (χ0n) is 18.2. The van der Waals surface area contributed by atoms with Gasteiger partial charge in [-0.1, -0.05) is 13.8 Å². The van der Waals surface area contributed by atoms with E-state index in [0.29, 0.717) is 23.6 Å². The standard InChI is InChI=1S/C23H26N8.ClH/c1-15(2)16-10-23(30-26-12-16)29-22-4-3-20-21(28-22)9-17(11-25-20)18-13-27-31(14-18)19-5-7-24-8-6-19;/h3-4,9-15,19,24H,5-8H2,1-2H3,(H,28,29,30);1H. The maximum absolute atomic E-state index is 4.75. The van der Waals surface area contributed by atoms with Crippen molar-refractivity contribution in [1.29, 1.82) is 0 Å². The van der Waals surface area contributed by atoms with Crippen molar-refractivity contribution < 1.29 is 0 Å². The molecule has 0 saturated carbocycles. The molecule has 5 heterocycles. The molecule has 1 aliphatic rings. The fraction of sp³-hybridized carbons (Fsp3) is 0.348. The average molecular weight is 451 g/mol. The van der Waals surface area contributed by atoms with Gasteiger partial charge in [0, 0.05) is 23.5 Å². The molecule has 1 aliphatic heterocycles. The molecule has 32 heavy (non-hydrogen) atoms. The van der Waals surface area contributed by atoms with Gasteiger partial charge in [0.05, 0.1) is 29.5 Å². The average Bonchev–Trinajstić information content (AvgIpc) is 3.30. The highest BCUT2D eigenvalue weighted by Gasteiger charge is 2.16. The highest BCUT2D eigenvalue weighted by molar-refractivity contribution is 5.85. The quantitative estimate of drug-likeness (QED) is 0.462. The Morgan fingerprint density at radius 1 is 1.00 bits per heavy atom. The number of anilines is 2. The number of fused-ring (bicyclic) bond motifs is 1. The molecule has 0 amide bonds. The molecular formula is C23H27ClN8. The molecule has 8 nitrogen and oxygen atoms in total. The van der Waals surface area contributed by atoms with Crippen molar-refractivity contribution in [2.75, 3.05) is 18.4 Å². The molecule has 0 aromatic carbocycles. The van der Waals surface area contributed by atoms with Gasteiger partial charge in [-0.05, 0) is 61.7 Å².